The molecule has 0 bridgehead atoms. The summed E-state index contributed by atoms with van der Waals surface area (Å²) in [5.41, 5.74) is 0.485. The second kappa shape index (κ2) is 7.44. The molecule has 0 N–H and O–H groups in total. The van der Waals surface area contributed by atoms with Crippen LogP contribution in [0, 0.1) is 29.1 Å². The van der Waals surface area contributed by atoms with Gasteiger partial charge >= 0.3 is 0 Å². The molecular weight excluding hydrogens is 204 g/mol. The molecule has 0 amide bonds. The minimum absolute atomic E-state index is 0.485. The van der Waals surface area contributed by atoms with Crippen LogP contribution in [0.1, 0.15) is 81.1 Å². The van der Waals surface area contributed by atoms with Gasteiger partial charge in [0.1, 0.15) is 0 Å². The monoisotopic (exact) mass is 240 g/mol. The van der Waals surface area contributed by atoms with Gasteiger partial charge in [-0.05, 0) is 48.3 Å². The lowest BCUT2D eigenvalue weighted by Crippen LogP contribution is -2.18. The van der Waals surface area contributed by atoms with E-state index in [1.165, 1.54) is 25.7 Å². The van der Waals surface area contributed by atoms with E-state index in [9.17, 15) is 0 Å². The first-order valence-electron chi connectivity index (χ1n) is 7.61. The second-order valence-electron chi connectivity index (χ2n) is 8.08. The lowest BCUT2D eigenvalue weighted by Gasteiger charge is -2.29. The van der Waals surface area contributed by atoms with Crippen LogP contribution in [-0.2, 0) is 0 Å². The minimum Gasteiger partial charge on any atom is -0.0628 e. The highest BCUT2D eigenvalue weighted by Crippen LogP contribution is 2.32. The van der Waals surface area contributed by atoms with Crippen molar-refractivity contribution in [3.05, 3.63) is 0 Å². The SMILES string of the molecule is CC(C)CCC(CC(C)CC(C)(C)C)C(C)C. The van der Waals surface area contributed by atoms with Gasteiger partial charge in [0.2, 0.25) is 0 Å². The molecule has 0 heterocycles. The third-order valence-electron chi connectivity index (χ3n) is 3.72. The van der Waals surface area contributed by atoms with Crippen molar-refractivity contribution >= 4 is 0 Å². The molecule has 0 spiro atoms. The fourth-order valence-electron chi connectivity index (χ4n) is 2.92. The number of rotatable bonds is 7. The van der Waals surface area contributed by atoms with Crippen molar-refractivity contribution in [2.75, 3.05) is 0 Å². The Bertz CT molecular complexity index is 183. The van der Waals surface area contributed by atoms with Crippen molar-refractivity contribution in [2.24, 2.45) is 29.1 Å². The van der Waals surface area contributed by atoms with Crippen molar-refractivity contribution in [2.45, 2.75) is 81.1 Å². The predicted molar refractivity (Wildman–Crippen MR) is 80.3 cm³/mol. The first-order chi connectivity index (χ1) is 7.61. The molecule has 0 aliphatic carbocycles. The van der Waals surface area contributed by atoms with Gasteiger partial charge in [0.15, 0.2) is 0 Å². The molecule has 0 aromatic rings. The highest BCUT2D eigenvalue weighted by atomic mass is 14.3. The van der Waals surface area contributed by atoms with Gasteiger partial charge in [-0.3, -0.25) is 0 Å². The molecule has 104 valence electrons. The Morgan fingerprint density at radius 3 is 1.71 bits per heavy atom. The van der Waals surface area contributed by atoms with E-state index in [-0.39, 0.29) is 0 Å². The Morgan fingerprint density at radius 2 is 1.35 bits per heavy atom. The number of hydrogen-bond donors (Lipinski definition) is 0. The normalized spacial score (nSPS) is 16.6. The summed E-state index contributed by atoms with van der Waals surface area (Å²) in [5, 5.41) is 0. The molecule has 0 fully saturated rings. The Labute approximate surface area is 111 Å². The first kappa shape index (κ1) is 17.0. The Morgan fingerprint density at radius 1 is 0.824 bits per heavy atom. The van der Waals surface area contributed by atoms with Crippen LogP contribution in [-0.4, -0.2) is 0 Å². The predicted octanol–water partition coefficient (Wildman–Crippen LogP) is 6.16. The van der Waals surface area contributed by atoms with Crippen LogP contribution in [0.2, 0.25) is 0 Å². The average molecular weight is 240 g/mol. The van der Waals surface area contributed by atoms with Crippen LogP contribution in [0.3, 0.4) is 0 Å². The second-order valence-corrected chi connectivity index (χ2v) is 8.08. The van der Waals surface area contributed by atoms with E-state index in [4.69, 9.17) is 0 Å². The molecule has 0 saturated heterocycles. The third kappa shape index (κ3) is 9.68. The Kier molecular flexibility index (Phi) is 7.44. The zero-order valence-corrected chi connectivity index (χ0v) is 13.6. The molecule has 0 rings (SSSR count). The summed E-state index contributed by atoms with van der Waals surface area (Å²) in [7, 11) is 0. The van der Waals surface area contributed by atoms with E-state index in [0.29, 0.717) is 5.41 Å². The third-order valence-corrected chi connectivity index (χ3v) is 3.72. The highest BCUT2D eigenvalue weighted by Gasteiger charge is 2.21. The van der Waals surface area contributed by atoms with Crippen LogP contribution in [0.15, 0.2) is 0 Å². The summed E-state index contributed by atoms with van der Waals surface area (Å²) in [6.07, 6.45) is 5.59. The summed E-state index contributed by atoms with van der Waals surface area (Å²) < 4.78 is 0. The summed E-state index contributed by atoms with van der Waals surface area (Å²) in [6, 6.07) is 0. The molecule has 2 atom stereocenters. The molecule has 0 aromatic heterocycles. The van der Waals surface area contributed by atoms with E-state index in [2.05, 4.69) is 55.4 Å². The topological polar surface area (TPSA) is 0 Å². The smallest absolute Gasteiger partial charge is 0.0380 e. The van der Waals surface area contributed by atoms with Gasteiger partial charge < -0.3 is 0 Å². The van der Waals surface area contributed by atoms with Gasteiger partial charge in [-0.15, -0.1) is 0 Å². The van der Waals surface area contributed by atoms with E-state index >= 15 is 0 Å². The van der Waals surface area contributed by atoms with Gasteiger partial charge in [-0.25, -0.2) is 0 Å². The van der Waals surface area contributed by atoms with Crippen molar-refractivity contribution in [1.29, 1.82) is 0 Å². The van der Waals surface area contributed by atoms with Gasteiger partial charge in [-0.1, -0.05) is 61.8 Å². The maximum atomic E-state index is 2.44. The van der Waals surface area contributed by atoms with Gasteiger partial charge in [0.05, 0.1) is 0 Å². The molecule has 0 aliphatic heterocycles. The quantitative estimate of drug-likeness (QED) is 0.500. The van der Waals surface area contributed by atoms with Gasteiger partial charge in [0, 0.05) is 0 Å². The first-order valence-corrected chi connectivity index (χ1v) is 7.61. The molecule has 0 heteroatoms. The van der Waals surface area contributed by atoms with E-state index < -0.39 is 0 Å². The minimum atomic E-state index is 0.485. The molecule has 0 nitrogen and oxygen atoms in total. The summed E-state index contributed by atoms with van der Waals surface area (Å²) in [5.74, 6) is 3.50. The molecule has 2 unspecified atom stereocenters. The van der Waals surface area contributed by atoms with E-state index in [1.807, 2.05) is 0 Å². The molecule has 0 saturated carbocycles. The lowest BCUT2D eigenvalue weighted by atomic mass is 9.77. The Balaban J connectivity index is 4.15. The molecule has 0 aromatic carbocycles. The molecule has 0 radical (unpaired) electrons. The standard InChI is InChI=1S/C17H36/c1-13(2)9-10-16(14(3)4)11-15(5)12-17(6,7)8/h13-16H,9-12H2,1-8H3. The number of hydrogen-bond acceptors (Lipinski definition) is 0. The highest BCUT2D eigenvalue weighted by molar-refractivity contribution is 4.72. The fourth-order valence-corrected chi connectivity index (χ4v) is 2.92. The van der Waals surface area contributed by atoms with Gasteiger partial charge in [0.25, 0.3) is 0 Å². The van der Waals surface area contributed by atoms with Crippen LogP contribution >= 0.6 is 0 Å². The van der Waals surface area contributed by atoms with Crippen molar-refractivity contribution in [3.63, 3.8) is 0 Å². The molecular formula is C17H36. The largest absolute Gasteiger partial charge is 0.0628 e. The molecule has 0 aliphatic rings. The van der Waals surface area contributed by atoms with Crippen molar-refractivity contribution in [1.82, 2.24) is 0 Å². The van der Waals surface area contributed by atoms with E-state index in [1.54, 1.807) is 0 Å². The van der Waals surface area contributed by atoms with Gasteiger partial charge in [-0.2, -0.15) is 0 Å². The van der Waals surface area contributed by atoms with Crippen LogP contribution in [0.5, 0.6) is 0 Å². The van der Waals surface area contributed by atoms with Crippen LogP contribution in [0.25, 0.3) is 0 Å². The fraction of sp³-hybridized carbons (Fsp3) is 1.00. The lowest BCUT2D eigenvalue weighted by molar-refractivity contribution is 0.224. The zero-order valence-electron chi connectivity index (χ0n) is 13.6. The zero-order chi connectivity index (χ0) is 13.6. The summed E-state index contributed by atoms with van der Waals surface area (Å²) in [4.78, 5) is 0. The Hall–Kier alpha value is 0. The summed E-state index contributed by atoms with van der Waals surface area (Å²) in [6.45, 7) is 19.0. The summed E-state index contributed by atoms with van der Waals surface area (Å²) >= 11 is 0. The van der Waals surface area contributed by atoms with Crippen molar-refractivity contribution < 1.29 is 0 Å². The van der Waals surface area contributed by atoms with Crippen molar-refractivity contribution in [3.8, 4) is 0 Å². The maximum absolute atomic E-state index is 2.44. The van der Waals surface area contributed by atoms with Crippen LogP contribution < -0.4 is 0 Å². The maximum Gasteiger partial charge on any atom is -0.0380 e. The van der Waals surface area contributed by atoms with E-state index in [0.717, 1.165) is 23.7 Å². The average Bonchev–Trinajstić information content (AvgIpc) is 2.08. The molecule has 17 heavy (non-hydrogen) atoms. The van der Waals surface area contributed by atoms with Crippen LogP contribution in [0.4, 0.5) is 0 Å².